The first-order valence-corrected chi connectivity index (χ1v) is 5.70. The van der Waals surface area contributed by atoms with Gasteiger partial charge in [0.05, 0.1) is 0 Å². The predicted octanol–water partition coefficient (Wildman–Crippen LogP) is -1.46. The molecule has 1 aliphatic carbocycles. The monoisotopic (exact) mass is 226 g/mol. The minimum Gasteiger partial charge on any atom is -0.345 e. The van der Waals surface area contributed by atoms with Crippen molar-refractivity contribution in [1.29, 1.82) is 0 Å². The smallest absolute Gasteiger partial charge is 0.323 e. The Hall–Kier alpha value is -1.14. The summed E-state index contributed by atoms with van der Waals surface area (Å²) in [5.74, 6) is -1.06. The van der Waals surface area contributed by atoms with Crippen LogP contribution in [0.1, 0.15) is 12.8 Å². The van der Waals surface area contributed by atoms with Gasteiger partial charge in [0.15, 0.2) is 0 Å². The normalized spacial score (nSPS) is 22.8. The molecule has 1 heterocycles. The van der Waals surface area contributed by atoms with Crippen molar-refractivity contribution in [1.82, 2.24) is 20.7 Å². The molecule has 6 nitrogen and oxygen atoms in total. The van der Waals surface area contributed by atoms with E-state index >= 15 is 0 Å². The molecule has 0 bridgehead atoms. The third-order valence-corrected chi connectivity index (χ3v) is 2.88. The van der Waals surface area contributed by atoms with Crippen LogP contribution in [0.15, 0.2) is 0 Å². The maximum atomic E-state index is 11.5. The number of amides is 2. The summed E-state index contributed by atoms with van der Waals surface area (Å²) >= 11 is 0. The molecule has 0 aromatic carbocycles. The Morgan fingerprint density at radius 2 is 1.69 bits per heavy atom. The molecule has 0 aromatic heterocycles. The summed E-state index contributed by atoms with van der Waals surface area (Å²) in [5.41, 5.74) is 2.63. The van der Waals surface area contributed by atoms with Gasteiger partial charge in [-0.15, -0.1) is 0 Å². The number of hydrogen-bond acceptors (Lipinski definition) is 4. The van der Waals surface area contributed by atoms with Crippen LogP contribution in [0.25, 0.3) is 0 Å². The largest absolute Gasteiger partial charge is 0.345 e. The van der Waals surface area contributed by atoms with Crippen molar-refractivity contribution in [2.24, 2.45) is 0 Å². The van der Waals surface area contributed by atoms with Crippen LogP contribution >= 0.6 is 0 Å². The number of piperazine rings is 1. The van der Waals surface area contributed by atoms with Crippen molar-refractivity contribution in [2.45, 2.75) is 18.9 Å². The average molecular weight is 226 g/mol. The number of carbonyl (C=O) groups is 2. The Morgan fingerprint density at radius 3 is 2.25 bits per heavy atom. The molecular weight excluding hydrogens is 208 g/mol. The molecule has 1 saturated carbocycles. The fraction of sp³-hybridized carbons (Fsp3) is 0.800. The van der Waals surface area contributed by atoms with Gasteiger partial charge in [-0.1, -0.05) is 0 Å². The lowest BCUT2D eigenvalue weighted by Gasteiger charge is -2.32. The van der Waals surface area contributed by atoms with E-state index in [-0.39, 0.29) is 6.04 Å². The van der Waals surface area contributed by atoms with Crippen molar-refractivity contribution in [3.05, 3.63) is 0 Å². The fourth-order valence-corrected chi connectivity index (χ4v) is 1.59. The molecule has 90 valence electrons. The Kier molecular flexibility index (Phi) is 3.40. The molecule has 0 aromatic rings. The highest BCUT2D eigenvalue weighted by Crippen LogP contribution is 2.18. The Labute approximate surface area is 94.9 Å². The second kappa shape index (κ2) is 4.80. The zero-order valence-electron chi connectivity index (χ0n) is 9.53. The van der Waals surface area contributed by atoms with Crippen LogP contribution in [0.4, 0.5) is 0 Å². The summed E-state index contributed by atoms with van der Waals surface area (Å²) in [7, 11) is 2.04. The van der Waals surface area contributed by atoms with Gasteiger partial charge in [-0.3, -0.25) is 15.0 Å². The molecule has 0 spiro atoms. The standard InChI is InChI=1S/C10H18N4O2/c1-13-4-6-14(7-5-13)12-10(16)9(15)11-8-2-3-8/h8H,2-7H2,1H3,(H,11,15)(H,12,16). The van der Waals surface area contributed by atoms with Crippen LogP contribution in [0.5, 0.6) is 0 Å². The molecule has 6 heteroatoms. The van der Waals surface area contributed by atoms with Crippen molar-refractivity contribution < 1.29 is 9.59 Å². The highest BCUT2D eigenvalue weighted by molar-refractivity contribution is 6.35. The van der Waals surface area contributed by atoms with Gasteiger partial charge in [-0.2, -0.15) is 0 Å². The lowest BCUT2D eigenvalue weighted by molar-refractivity contribution is -0.142. The third-order valence-electron chi connectivity index (χ3n) is 2.88. The van der Waals surface area contributed by atoms with Gasteiger partial charge in [0, 0.05) is 32.2 Å². The number of hydrogen-bond donors (Lipinski definition) is 2. The molecule has 2 aliphatic rings. The summed E-state index contributed by atoms with van der Waals surface area (Å²) < 4.78 is 0. The SMILES string of the molecule is CN1CCN(NC(=O)C(=O)NC2CC2)CC1. The lowest BCUT2D eigenvalue weighted by atomic mass is 10.4. The average Bonchev–Trinajstić information content (AvgIpc) is 3.05. The molecule has 16 heavy (non-hydrogen) atoms. The third kappa shape index (κ3) is 3.18. The second-order valence-electron chi connectivity index (χ2n) is 4.48. The van der Waals surface area contributed by atoms with Crippen LogP contribution in [0.3, 0.4) is 0 Å². The second-order valence-corrected chi connectivity index (χ2v) is 4.48. The lowest BCUT2D eigenvalue weighted by Crippen LogP contribution is -2.55. The Morgan fingerprint density at radius 1 is 1.06 bits per heavy atom. The van der Waals surface area contributed by atoms with E-state index in [2.05, 4.69) is 15.6 Å². The minimum absolute atomic E-state index is 0.228. The first kappa shape index (κ1) is 11.3. The highest BCUT2D eigenvalue weighted by Gasteiger charge is 2.27. The predicted molar refractivity (Wildman–Crippen MR) is 58.4 cm³/mol. The fourth-order valence-electron chi connectivity index (χ4n) is 1.59. The summed E-state index contributed by atoms with van der Waals surface area (Å²) in [4.78, 5) is 25.0. The molecule has 2 fully saturated rings. The summed E-state index contributed by atoms with van der Waals surface area (Å²) in [6.07, 6.45) is 1.99. The number of hydrazine groups is 1. The van der Waals surface area contributed by atoms with E-state index in [9.17, 15) is 9.59 Å². The zero-order valence-corrected chi connectivity index (χ0v) is 9.53. The molecule has 0 atom stereocenters. The van der Waals surface area contributed by atoms with Crippen LogP contribution < -0.4 is 10.7 Å². The van der Waals surface area contributed by atoms with Gasteiger partial charge < -0.3 is 10.2 Å². The van der Waals surface area contributed by atoms with E-state index in [1.165, 1.54) is 0 Å². The van der Waals surface area contributed by atoms with Crippen LogP contribution in [-0.4, -0.2) is 61.0 Å². The van der Waals surface area contributed by atoms with E-state index in [1.54, 1.807) is 5.01 Å². The van der Waals surface area contributed by atoms with E-state index in [0.29, 0.717) is 0 Å². The minimum atomic E-state index is -0.545. The van der Waals surface area contributed by atoms with Gasteiger partial charge in [0.1, 0.15) is 0 Å². The van der Waals surface area contributed by atoms with E-state index < -0.39 is 11.8 Å². The van der Waals surface area contributed by atoms with E-state index in [1.807, 2.05) is 7.05 Å². The van der Waals surface area contributed by atoms with Crippen LogP contribution in [0.2, 0.25) is 0 Å². The molecule has 2 N–H and O–H groups in total. The number of nitrogens with one attached hydrogen (secondary N) is 2. The summed E-state index contributed by atoms with van der Waals surface area (Å²) in [6.45, 7) is 3.34. The number of likely N-dealkylation sites (N-methyl/N-ethyl adjacent to an activating group) is 1. The van der Waals surface area contributed by atoms with Crippen LogP contribution in [-0.2, 0) is 9.59 Å². The first-order valence-electron chi connectivity index (χ1n) is 5.70. The highest BCUT2D eigenvalue weighted by atomic mass is 16.2. The quantitative estimate of drug-likeness (QED) is 0.565. The van der Waals surface area contributed by atoms with Crippen LogP contribution in [0, 0.1) is 0 Å². The molecule has 2 amide bonds. The van der Waals surface area contributed by atoms with Gasteiger partial charge in [0.2, 0.25) is 0 Å². The van der Waals surface area contributed by atoms with Crippen molar-refractivity contribution in [3.8, 4) is 0 Å². The molecule has 1 saturated heterocycles. The van der Waals surface area contributed by atoms with E-state index in [0.717, 1.165) is 39.0 Å². The molecule has 0 unspecified atom stereocenters. The summed E-state index contributed by atoms with van der Waals surface area (Å²) in [6, 6.07) is 0.228. The molecule has 1 aliphatic heterocycles. The van der Waals surface area contributed by atoms with Crippen molar-refractivity contribution >= 4 is 11.8 Å². The summed E-state index contributed by atoms with van der Waals surface area (Å²) in [5, 5.41) is 4.46. The Balaban J connectivity index is 1.71. The molecule has 0 radical (unpaired) electrons. The zero-order chi connectivity index (χ0) is 11.5. The van der Waals surface area contributed by atoms with Gasteiger partial charge in [-0.25, -0.2) is 5.01 Å². The van der Waals surface area contributed by atoms with E-state index in [4.69, 9.17) is 0 Å². The van der Waals surface area contributed by atoms with Gasteiger partial charge >= 0.3 is 11.8 Å². The maximum absolute atomic E-state index is 11.5. The van der Waals surface area contributed by atoms with Crippen molar-refractivity contribution in [2.75, 3.05) is 33.2 Å². The number of carbonyl (C=O) groups excluding carboxylic acids is 2. The topological polar surface area (TPSA) is 64.7 Å². The Bertz CT molecular complexity index is 283. The number of nitrogens with zero attached hydrogens (tertiary/aromatic N) is 2. The molecule has 2 rings (SSSR count). The van der Waals surface area contributed by atoms with Crippen molar-refractivity contribution in [3.63, 3.8) is 0 Å². The van der Waals surface area contributed by atoms with Gasteiger partial charge in [0.25, 0.3) is 0 Å². The number of rotatable bonds is 2. The molecular formula is C10H18N4O2. The first-order chi connectivity index (χ1) is 7.65. The maximum Gasteiger partial charge on any atom is 0.323 e. The van der Waals surface area contributed by atoms with Gasteiger partial charge in [-0.05, 0) is 19.9 Å².